The molecule has 0 saturated carbocycles. The van der Waals surface area contributed by atoms with Gasteiger partial charge in [0.15, 0.2) is 0 Å². The van der Waals surface area contributed by atoms with Gasteiger partial charge in [-0.1, -0.05) is 12.1 Å². The molecule has 1 aromatic carbocycles. The van der Waals surface area contributed by atoms with Gasteiger partial charge in [0.25, 0.3) is 0 Å². The van der Waals surface area contributed by atoms with Crippen LogP contribution < -0.4 is 4.52 Å². The molecule has 19 heavy (non-hydrogen) atoms. The van der Waals surface area contributed by atoms with Gasteiger partial charge in [-0.05, 0) is 19.1 Å². The summed E-state index contributed by atoms with van der Waals surface area (Å²) in [4.78, 5) is 9.92. The number of rotatable bonds is 6. The number of thioether (sulfide) groups is 1. The first-order valence-corrected chi connectivity index (χ1v) is 8.76. The van der Waals surface area contributed by atoms with Crippen LogP contribution in [0.3, 0.4) is 0 Å². The Bertz CT molecular complexity index is 468. The Morgan fingerprint density at radius 3 is 2.58 bits per heavy atom. The van der Waals surface area contributed by atoms with Crippen LogP contribution in [-0.2, 0) is 16.3 Å². The summed E-state index contributed by atoms with van der Waals surface area (Å²) in [5.41, 5.74) is 0. The van der Waals surface area contributed by atoms with Crippen LogP contribution in [0.1, 0.15) is 6.92 Å². The Balaban J connectivity index is 2.81. The fourth-order valence-electron chi connectivity index (χ4n) is 1.12. The molecule has 1 atom stereocenters. The van der Waals surface area contributed by atoms with E-state index in [0.29, 0.717) is 11.8 Å². The molecule has 1 N–H and O–H groups in total. The maximum atomic E-state index is 12.2. The van der Waals surface area contributed by atoms with E-state index < -0.39 is 18.6 Å². The van der Waals surface area contributed by atoms with E-state index in [-0.39, 0.29) is 17.3 Å². The summed E-state index contributed by atoms with van der Waals surface area (Å²) in [6, 6.07) is 6.06. The second kappa shape index (κ2) is 6.95. The van der Waals surface area contributed by atoms with Gasteiger partial charge in [0.1, 0.15) is 5.75 Å². The van der Waals surface area contributed by atoms with E-state index in [0.717, 1.165) is 0 Å². The van der Waals surface area contributed by atoms with Crippen molar-refractivity contribution >= 4 is 30.3 Å². The molecule has 0 bridgehead atoms. The monoisotopic (exact) mass is 332 g/mol. The van der Waals surface area contributed by atoms with Gasteiger partial charge in [-0.15, -0.1) is 11.8 Å². The highest BCUT2D eigenvalue weighted by atomic mass is 32.5. The van der Waals surface area contributed by atoms with Crippen molar-refractivity contribution in [2.45, 2.75) is 18.0 Å². The van der Waals surface area contributed by atoms with E-state index in [4.69, 9.17) is 20.9 Å². The lowest BCUT2D eigenvalue weighted by atomic mass is 10.3. The third kappa shape index (κ3) is 6.63. The van der Waals surface area contributed by atoms with Gasteiger partial charge in [-0.2, -0.15) is 13.2 Å². The molecule has 0 aromatic heterocycles. The van der Waals surface area contributed by atoms with Crippen LogP contribution in [0, 0.1) is 0 Å². The fraction of sp³-hybridized carbons (Fsp3) is 0.400. The molecule has 108 valence electrons. The van der Waals surface area contributed by atoms with Gasteiger partial charge in [0.05, 0.1) is 17.3 Å². The summed E-state index contributed by atoms with van der Waals surface area (Å²) >= 11 is 5.30. The average molecular weight is 332 g/mol. The van der Waals surface area contributed by atoms with E-state index in [1.54, 1.807) is 19.1 Å². The molecule has 0 fully saturated rings. The minimum atomic E-state index is -4.28. The van der Waals surface area contributed by atoms with Crippen molar-refractivity contribution in [1.29, 1.82) is 0 Å². The quantitative estimate of drug-likeness (QED) is 0.630. The van der Waals surface area contributed by atoms with Gasteiger partial charge in [-0.25, -0.2) is 0 Å². The van der Waals surface area contributed by atoms with E-state index in [2.05, 4.69) is 0 Å². The lowest BCUT2D eigenvalue weighted by Crippen LogP contribution is -2.10. The number of alkyl halides is 3. The van der Waals surface area contributed by atoms with Crippen LogP contribution in [0.4, 0.5) is 13.2 Å². The van der Waals surface area contributed by atoms with Crippen molar-refractivity contribution in [3.05, 3.63) is 24.3 Å². The minimum Gasteiger partial charge on any atom is -0.423 e. The highest BCUT2D eigenvalue weighted by Crippen LogP contribution is 2.47. The number of benzene rings is 1. The third-order valence-electron chi connectivity index (χ3n) is 1.75. The molecule has 1 rings (SSSR count). The Labute approximate surface area is 118 Å². The van der Waals surface area contributed by atoms with Gasteiger partial charge < -0.3 is 9.42 Å². The van der Waals surface area contributed by atoms with Crippen LogP contribution in [0.25, 0.3) is 0 Å². The van der Waals surface area contributed by atoms with Crippen molar-refractivity contribution < 1.29 is 27.1 Å². The normalized spacial score (nSPS) is 15.0. The zero-order valence-corrected chi connectivity index (χ0v) is 12.4. The highest BCUT2D eigenvalue weighted by molar-refractivity contribution is 8.07. The predicted octanol–water partition coefficient (Wildman–Crippen LogP) is 3.97. The molecular formula is C10H12F3O3PS2. The van der Waals surface area contributed by atoms with Gasteiger partial charge in [0.2, 0.25) is 0 Å². The smallest absolute Gasteiger partial charge is 0.398 e. The molecule has 1 unspecified atom stereocenters. The SMILES string of the molecule is CCOP(O)(=S)Oc1ccccc1SCC(F)(F)F. The van der Waals surface area contributed by atoms with Crippen LogP contribution in [0.5, 0.6) is 5.75 Å². The Hall–Kier alpha value is -0.270. The van der Waals surface area contributed by atoms with Gasteiger partial charge >= 0.3 is 12.9 Å². The number of halogens is 3. The van der Waals surface area contributed by atoms with Crippen molar-refractivity contribution in [3.8, 4) is 5.75 Å². The second-order valence-corrected chi connectivity index (χ2v) is 7.11. The standard InChI is InChI=1S/C10H12F3O3PS2/c1-2-15-17(14,18)16-8-5-3-4-6-9(8)19-7-10(11,12)13/h3-6H,2,7H2,1H3,(H,14,18). The molecule has 0 spiro atoms. The Kier molecular flexibility index (Phi) is 6.14. The second-order valence-electron chi connectivity index (χ2n) is 3.33. The predicted molar refractivity (Wildman–Crippen MR) is 72.0 cm³/mol. The number of hydrogen-bond acceptors (Lipinski definition) is 4. The van der Waals surface area contributed by atoms with Crippen molar-refractivity contribution in [1.82, 2.24) is 0 Å². The first-order valence-electron chi connectivity index (χ1n) is 5.19. The molecule has 1 aromatic rings. The Morgan fingerprint density at radius 2 is 2.00 bits per heavy atom. The maximum Gasteiger partial charge on any atom is 0.398 e. The van der Waals surface area contributed by atoms with E-state index in [1.807, 2.05) is 0 Å². The van der Waals surface area contributed by atoms with Crippen molar-refractivity contribution in [2.24, 2.45) is 0 Å². The first-order chi connectivity index (χ1) is 8.73. The molecule has 0 aliphatic heterocycles. The molecule has 0 aliphatic carbocycles. The van der Waals surface area contributed by atoms with Crippen LogP contribution in [0.2, 0.25) is 0 Å². The zero-order chi connectivity index (χ0) is 14.5. The summed E-state index contributed by atoms with van der Waals surface area (Å²) in [6.07, 6.45) is -4.28. The van der Waals surface area contributed by atoms with E-state index in [9.17, 15) is 18.1 Å². The van der Waals surface area contributed by atoms with Gasteiger partial charge in [-0.3, -0.25) is 4.52 Å². The van der Waals surface area contributed by atoms with Gasteiger partial charge in [0, 0.05) is 11.8 Å². The van der Waals surface area contributed by atoms with Crippen LogP contribution in [0.15, 0.2) is 29.2 Å². The molecule has 0 saturated heterocycles. The molecule has 0 aliphatic rings. The summed E-state index contributed by atoms with van der Waals surface area (Å²) < 4.78 is 46.5. The van der Waals surface area contributed by atoms with Crippen LogP contribution >= 0.6 is 18.5 Å². The van der Waals surface area contributed by atoms with E-state index >= 15 is 0 Å². The number of para-hydroxylation sites is 1. The molecule has 3 nitrogen and oxygen atoms in total. The summed E-state index contributed by atoms with van der Waals surface area (Å²) in [5.74, 6) is -0.952. The molecule has 0 amide bonds. The number of hydrogen-bond donors (Lipinski definition) is 1. The lowest BCUT2D eigenvalue weighted by molar-refractivity contribution is -0.105. The largest absolute Gasteiger partial charge is 0.423 e. The summed E-state index contributed by atoms with van der Waals surface area (Å²) in [7, 11) is 0. The molecule has 0 radical (unpaired) electrons. The molecular weight excluding hydrogens is 320 g/mol. The minimum absolute atomic E-state index is 0.0935. The summed E-state index contributed by atoms with van der Waals surface area (Å²) in [5, 5.41) is 0. The van der Waals surface area contributed by atoms with Crippen molar-refractivity contribution in [3.63, 3.8) is 0 Å². The first kappa shape index (κ1) is 16.8. The molecule has 9 heteroatoms. The van der Waals surface area contributed by atoms with E-state index in [1.165, 1.54) is 12.1 Å². The molecule has 0 heterocycles. The zero-order valence-electron chi connectivity index (χ0n) is 9.88. The fourth-order valence-corrected chi connectivity index (χ4v) is 3.27. The van der Waals surface area contributed by atoms with Crippen LogP contribution in [-0.4, -0.2) is 23.4 Å². The lowest BCUT2D eigenvalue weighted by Gasteiger charge is -2.18. The average Bonchev–Trinajstić information content (AvgIpc) is 2.26. The van der Waals surface area contributed by atoms with Crippen molar-refractivity contribution in [2.75, 3.05) is 12.4 Å². The topological polar surface area (TPSA) is 38.7 Å². The maximum absolute atomic E-state index is 12.2. The Morgan fingerprint density at radius 1 is 1.37 bits per heavy atom. The summed E-state index contributed by atoms with van der Waals surface area (Å²) in [6.45, 7) is -1.68. The highest BCUT2D eigenvalue weighted by Gasteiger charge is 2.28. The third-order valence-corrected chi connectivity index (χ3v) is 4.42.